The first kappa shape index (κ1) is 24.8. The number of carbonyl (C=O) groups excluding carboxylic acids is 1. The van der Waals surface area contributed by atoms with Crippen molar-refractivity contribution in [1.29, 1.82) is 0 Å². The van der Waals surface area contributed by atoms with Crippen molar-refractivity contribution in [2.45, 2.75) is 39.8 Å². The molecule has 1 atom stereocenters. The maximum Gasteiger partial charge on any atom is 0.253 e. The third-order valence-corrected chi connectivity index (χ3v) is 7.18. The van der Waals surface area contributed by atoms with Gasteiger partial charge < -0.3 is 18.9 Å². The summed E-state index contributed by atoms with van der Waals surface area (Å²) in [5.41, 5.74) is 6.56. The molecule has 0 saturated carbocycles. The fourth-order valence-corrected chi connectivity index (χ4v) is 4.95. The van der Waals surface area contributed by atoms with E-state index in [4.69, 9.17) is 9.47 Å². The second-order valence-electron chi connectivity index (χ2n) is 9.02. The van der Waals surface area contributed by atoms with Crippen LogP contribution in [0.25, 0.3) is 0 Å². The van der Waals surface area contributed by atoms with Crippen molar-refractivity contribution in [2.24, 2.45) is 7.05 Å². The van der Waals surface area contributed by atoms with Crippen molar-refractivity contribution >= 4 is 5.91 Å². The quantitative estimate of drug-likeness (QED) is 0.483. The van der Waals surface area contributed by atoms with Gasteiger partial charge in [0.15, 0.2) is 11.5 Å². The Bertz CT molecular complexity index is 1180. The van der Waals surface area contributed by atoms with Crippen molar-refractivity contribution in [3.05, 3.63) is 76.4 Å². The first-order valence-corrected chi connectivity index (χ1v) is 12.3. The Morgan fingerprint density at radius 1 is 1.09 bits per heavy atom. The number of aryl methyl sites for hydroxylation is 1. The van der Waals surface area contributed by atoms with Crippen molar-refractivity contribution in [2.75, 3.05) is 33.9 Å². The largest absolute Gasteiger partial charge is 0.493 e. The predicted octanol–water partition coefficient (Wildman–Crippen LogP) is 4.38. The minimum absolute atomic E-state index is 0.0116. The van der Waals surface area contributed by atoms with Crippen LogP contribution >= 0.6 is 0 Å². The maximum absolute atomic E-state index is 12.9. The number of fused-ring (bicyclic) bond motifs is 1. The number of imidazole rings is 1. The number of nitrogens with zero attached hydrogens (tertiary/aromatic N) is 4. The van der Waals surface area contributed by atoms with E-state index in [2.05, 4.69) is 45.6 Å². The van der Waals surface area contributed by atoms with Crippen LogP contribution in [0.15, 0.2) is 42.7 Å². The van der Waals surface area contributed by atoms with E-state index in [1.54, 1.807) is 14.2 Å². The summed E-state index contributed by atoms with van der Waals surface area (Å²) in [6.07, 6.45) is 2.79. The average molecular weight is 477 g/mol. The molecule has 2 heterocycles. The van der Waals surface area contributed by atoms with Crippen molar-refractivity contribution in [3.63, 3.8) is 0 Å². The molecule has 0 aliphatic carbocycles. The Balaban J connectivity index is 1.76. The van der Waals surface area contributed by atoms with E-state index in [1.807, 2.05) is 44.3 Å². The summed E-state index contributed by atoms with van der Waals surface area (Å²) in [6, 6.07) is 12.3. The van der Waals surface area contributed by atoms with E-state index in [1.165, 1.54) is 16.8 Å². The first-order chi connectivity index (χ1) is 16.9. The van der Waals surface area contributed by atoms with Crippen LogP contribution in [0.4, 0.5) is 0 Å². The van der Waals surface area contributed by atoms with Crippen molar-refractivity contribution < 1.29 is 14.3 Å². The zero-order valence-electron chi connectivity index (χ0n) is 21.7. The Hall–Kier alpha value is -3.32. The van der Waals surface area contributed by atoms with E-state index in [0.29, 0.717) is 18.7 Å². The summed E-state index contributed by atoms with van der Waals surface area (Å²) < 4.78 is 13.3. The number of ether oxygens (including phenoxy) is 2. The summed E-state index contributed by atoms with van der Waals surface area (Å²) in [5, 5.41) is 0. The van der Waals surface area contributed by atoms with Gasteiger partial charge in [-0.15, -0.1) is 0 Å². The SMILES string of the molecule is CCN(CC)C(=O)c1ccc(C2c3cc(OC)c(OC)cc3CCN2Cc2ncn(C)c2C)cc1. The summed E-state index contributed by atoms with van der Waals surface area (Å²) >= 11 is 0. The highest BCUT2D eigenvalue weighted by Crippen LogP contribution is 2.41. The zero-order valence-corrected chi connectivity index (χ0v) is 21.7. The monoisotopic (exact) mass is 476 g/mol. The molecule has 3 aromatic rings. The van der Waals surface area contributed by atoms with Crippen LogP contribution in [0.2, 0.25) is 0 Å². The smallest absolute Gasteiger partial charge is 0.253 e. The van der Waals surface area contributed by atoms with E-state index in [-0.39, 0.29) is 11.9 Å². The highest BCUT2D eigenvalue weighted by molar-refractivity contribution is 5.94. The van der Waals surface area contributed by atoms with Crippen LogP contribution in [0.5, 0.6) is 11.5 Å². The van der Waals surface area contributed by atoms with Gasteiger partial charge in [0.2, 0.25) is 0 Å². The molecule has 4 rings (SSSR count). The average Bonchev–Trinajstić information content (AvgIpc) is 3.20. The Kier molecular flexibility index (Phi) is 7.45. The lowest BCUT2D eigenvalue weighted by Crippen LogP contribution is -2.36. The normalized spacial score (nSPS) is 15.5. The molecular weight excluding hydrogens is 440 g/mol. The molecular formula is C28H36N4O3. The van der Waals surface area contributed by atoms with Gasteiger partial charge in [-0.25, -0.2) is 4.98 Å². The van der Waals surface area contributed by atoms with E-state index >= 15 is 0 Å². The van der Waals surface area contributed by atoms with Gasteiger partial charge in [-0.05, 0) is 68.1 Å². The van der Waals surface area contributed by atoms with Gasteiger partial charge in [-0.2, -0.15) is 0 Å². The summed E-state index contributed by atoms with van der Waals surface area (Å²) in [6.45, 7) is 9.16. The number of rotatable bonds is 8. The number of amides is 1. The molecule has 0 spiro atoms. The number of hydrogen-bond donors (Lipinski definition) is 0. The van der Waals surface area contributed by atoms with Gasteiger partial charge in [0.1, 0.15) is 0 Å². The molecule has 1 aliphatic heterocycles. The van der Waals surface area contributed by atoms with Gasteiger partial charge in [0.25, 0.3) is 5.91 Å². The molecule has 186 valence electrons. The highest BCUT2D eigenvalue weighted by Gasteiger charge is 2.31. The topological polar surface area (TPSA) is 59.8 Å². The Morgan fingerprint density at radius 3 is 2.31 bits per heavy atom. The van der Waals surface area contributed by atoms with Crippen molar-refractivity contribution in [3.8, 4) is 11.5 Å². The summed E-state index contributed by atoms with van der Waals surface area (Å²) in [5.74, 6) is 1.54. The minimum Gasteiger partial charge on any atom is -0.493 e. The molecule has 1 aliphatic rings. The zero-order chi connectivity index (χ0) is 25.1. The van der Waals surface area contributed by atoms with Crippen LogP contribution in [0, 0.1) is 6.92 Å². The third-order valence-electron chi connectivity index (χ3n) is 7.18. The number of aromatic nitrogens is 2. The molecule has 0 fully saturated rings. The molecule has 0 saturated heterocycles. The fraction of sp³-hybridized carbons (Fsp3) is 0.429. The number of hydrogen-bond acceptors (Lipinski definition) is 5. The standard InChI is InChI=1S/C28H36N4O3/c1-7-31(8-2)28(33)21-11-9-20(10-12-21)27-23-16-26(35-6)25(34-5)15-22(23)13-14-32(27)17-24-19(3)30(4)18-29-24/h9-12,15-16,18,27H,7-8,13-14,17H2,1-6H3. The molecule has 7 heteroatoms. The molecule has 1 unspecified atom stereocenters. The lowest BCUT2D eigenvalue weighted by molar-refractivity contribution is 0.0773. The van der Waals surface area contributed by atoms with E-state index in [0.717, 1.165) is 42.3 Å². The lowest BCUT2D eigenvalue weighted by atomic mass is 9.87. The second kappa shape index (κ2) is 10.5. The van der Waals surface area contributed by atoms with Crippen molar-refractivity contribution in [1.82, 2.24) is 19.4 Å². The summed E-state index contributed by atoms with van der Waals surface area (Å²) in [4.78, 5) is 21.8. The van der Waals surface area contributed by atoms with E-state index in [9.17, 15) is 4.79 Å². The van der Waals surface area contributed by atoms with Gasteiger partial charge in [0.05, 0.1) is 32.3 Å². The molecule has 7 nitrogen and oxygen atoms in total. The van der Waals surface area contributed by atoms with Crippen LogP contribution in [-0.2, 0) is 20.0 Å². The van der Waals surface area contributed by atoms with Crippen LogP contribution in [0.1, 0.15) is 58.3 Å². The molecule has 0 bridgehead atoms. The van der Waals surface area contributed by atoms with Gasteiger partial charge >= 0.3 is 0 Å². The van der Waals surface area contributed by atoms with E-state index < -0.39 is 0 Å². The maximum atomic E-state index is 12.9. The first-order valence-electron chi connectivity index (χ1n) is 12.3. The fourth-order valence-electron chi connectivity index (χ4n) is 4.95. The lowest BCUT2D eigenvalue weighted by Gasteiger charge is -2.38. The van der Waals surface area contributed by atoms with Gasteiger partial charge in [0, 0.05) is 44.5 Å². The Labute approximate surface area is 208 Å². The Morgan fingerprint density at radius 2 is 1.74 bits per heavy atom. The van der Waals surface area contributed by atoms with Crippen LogP contribution < -0.4 is 9.47 Å². The molecule has 1 aromatic heterocycles. The molecule has 0 radical (unpaired) electrons. The number of carbonyl (C=O) groups is 1. The molecule has 0 N–H and O–H groups in total. The predicted molar refractivity (Wildman–Crippen MR) is 137 cm³/mol. The number of methoxy groups -OCH3 is 2. The number of benzene rings is 2. The third kappa shape index (κ3) is 4.78. The van der Waals surface area contributed by atoms with Gasteiger partial charge in [-0.1, -0.05) is 12.1 Å². The summed E-state index contributed by atoms with van der Waals surface area (Å²) in [7, 11) is 5.37. The molecule has 35 heavy (non-hydrogen) atoms. The molecule has 1 amide bonds. The molecule has 2 aromatic carbocycles. The highest BCUT2D eigenvalue weighted by atomic mass is 16.5. The van der Waals surface area contributed by atoms with Gasteiger partial charge in [-0.3, -0.25) is 9.69 Å². The minimum atomic E-state index is 0.0116. The van der Waals surface area contributed by atoms with Crippen LogP contribution in [0.3, 0.4) is 0 Å². The second-order valence-corrected chi connectivity index (χ2v) is 9.02. The van der Waals surface area contributed by atoms with Crippen LogP contribution in [-0.4, -0.2) is 59.1 Å².